The summed E-state index contributed by atoms with van der Waals surface area (Å²) in [5.41, 5.74) is 4.57. The van der Waals surface area contributed by atoms with Crippen molar-refractivity contribution in [1.29, 1.82) is 0 Å². The van der Waals surface area contributed by atoms with Gasteiger partial charge in [0.15, 0.2) is 5.96 Å². The van der Waals surface area contributed by atoms with Crippen LogP contribution in [0.2, 0.25) is 0 Å². The Balaban J connectivity index is 1.23. The Bertz CT molecular complexity index is 935. The minimum absolute atomic E-state index is 0.151. The zero-order valence-corrected chi connectivity index (χ0v) is 18.2. The zero-order chi connectivity index (χ0) is 21.5. The van der Waals surface area contributed by atoms with Crippen molar-refractivity contribution >= 4 is 17.6 Å². The van der Waals surface area contributed by atoms with E-state index in [0.717, 1.165) is 74.6 Å². The van der Waals surface area contributed by atoms with Crippen LogP contribution in [0, 0.1) is 5.92 Å². The lowest BCUT2D eigenvalue weighted by Gasteiger charge is -2.14. The number of guanidine groups is 1. The minimum atomic E-state index is 0.151. The maximum Gasteiger partial charge on any atom is 0.227 e. The number of aliphatic imine (C=N–C) groups is 1. The number of benzene rings is 2. The first-order valence-electron chi connectivity index (χ1n) is 11.3. The molecule has 2 aromatic rings. The molecule has 1 heterocycles. The fourth-order valence-electron chi connectivity index (χ4n) is 4.32. The molecule has 4 rings (SSSR count). The van der Waals surface area contributed by atoms with Gasteiger partial charge in [-0.25, -0.2) is 0 Å². The van der Waals surface area contributed by atoms with E-state index in [4.69, 9.17) is 4.74 Å². The van der Waals surface area contributed by atoms with Gasteiger partial charge in [0.25, 0.3) is 0 Å². The first kappa shape index (κ1) is 21.2. The molecular weight excluding hydrogens is 388 g/mol. The third-order valence-electron chi connectivity index (χ3n) is 6.06. The molecule has 1 amide bonds. The average Bonchev–Trinajstić information content (AvgIpc) is 3.48. The molecule has 31 heavy (non-hydrogen) atoms. The second-order valence-electron chi connectivity index (χ2n) is 8.31. The number of hydrogen-bond acceptors (Lipinski definition) is 3. The first-order chi connectivity index (χ1) is 15.2. The summed E-state index contributed by atoms with van der Waals surface area (Å²) in [6, 6.07) is 14.5. The van der Waals surface area contributed by atoms with E-state index in [9.17, 15) is 4.79 Å². The van der Waals surface area contributed by atoms with Gasteiger partial charge in [-0.1, -0.05) is 37.1 Å². The Morgan fingerprint density at radius 2 is 1.97 bits per heavy atom. The van der Waals surface area contributed by atoms with Gasteiger partial charge >= 0.3 is 0 Å². The Morgan fingerprint density at radius 1 is 1.10 bits per heavy atom. The van der Waals surface area contributed by atoms with Gasteiger partial charge in [0, 0.05) is 38.2 Å². The van der Waals surface area contributed by atoms with Crippen molar-refractivity contribution in [3.05, 3.63) is 59.2 Å². The van der Waals surface area contributed by atoms with Gasteiger partial charge in [0.1, 0.15) is 5.75 Å². The lowest BCUT2D eigenvalue weighted by molar-refractivity contribution is -0.119. The SMILES string of the molecule is CN=C(NCCc1ccc2c(c1)CCO2)NCc1cccc(NC(=O)C2CCCC2)c1. The predicted molar refractivity (Wildman–Crippen MR) is 125 cm³/mol. The van der Waals surface area contributed by atoms with Crippen molar-refractivity contribution in [1.82, 2.24) is 10.6 Å². The first-order valence-corrected chi connectivity index (χ1v) is 11.3. The molecule has 1 fully saturated rings. The molecule has 0 atom stereocenters. The van der Waals surface area contributed by atoms with E-state index < -0.39 is 0 Å². The highest BCUT2D eigenvalue weighted by atomic mass is 16.5. The van der Waals surface area contributed by atoms with E-state index in [1.54, 1.807) is 7.05 Å². The van der Waals surface area contributed by atoms with E-state index in [2.05, 4.69) is 45.2 Å². The van der Waals surface area contributed by atoms with Gasteiger partial charge in [-0.2, -0.15) is 0 Å². The molecule has 1 aliphatic heterocycles. The van der Waals surface area contributed by atoms with Crippen LogP contribution in [0.3, 0.4) is 0 Å². The fraction of sp³-hybridized carbons (Fsp3) is 0.440. The van der Waals surface area contributed by atoms with Crippen molar-refractivity contribution in [3.63, 3.8) is 0 Å². The summed E-state index contributed by atoms with van der Waals surface area (Å²) in [6.45, 7) is 2.23. The molecule has 0 bridgehead atoms. The monoisotopic (exact) mass is 420 g/mol. The standard InChI is InChI=1S/C25H32N4O2/c1-26-25(27-13-11-18-9-10-23-21(15-18)12-14-31-23)28-17-19-5-4-8-22(16-19)29-24(30)20-6-2-3-7-20/h4-5,8-10,15-16,20H,2-3,6-7,11-14,17H2,1H3,(H,29,30)(H2,26,27,28). The molecule has 6 heteroatoms. The van der Waals surface area contributed by atoms with Gasteiger partial charge in [-0.15, -0.1) is 0 Å². The highest BCUT2D eigenvalue weighted by Crippen LogP contribution is 2.27. The zero-order valence-electron chi connectivity index (χ0n) is 18.2. The van der Waals surface area contributed by atoms with Crippen LogP contribution in [-0.4, -0.2) is 32.1 Å². The number of anilines is 1. The van der Waals surface area contributed by atoms with Crippen LogP contribution in [0.1, 0.15) is 42.4 Å². The molecule has 0 saturated heterocycles. The number of nitrogens with one attached hydrogen (secondary N) is 3. The fourth-order valence-corrected chi connectivity index (χ4v) is 4.32. The lowest BCUT2D eigenvalue weighted by atomic mass is 10.1. The molecule has 3 N–H and O–H groups in total. The Labute approximate surface area is 184 Å². The van der Waals surface area contributed by atoms with E-state index in [0.29, 0.717) is 6.54 Å². The summed E-state index contributed by atoms with van der Waals surface area (Å²) >= 11 is 0. The number of nitrogens with zero attached hydrogens (tertiary/aromatic N) is 1. The van der Waals surface area contributed by atoms with Crippen LogP contribution in [0.5, 0.6) is 5.75 Å². The van der Waals surface area contributed by atoms with Gasteiger partial charge in [-0.05, 0) is 54.2 Å². The van der Waals surface area contributed by atoms with Crippen molar-refractivity contribution < 1.29 is 9.53 Å². The van der Waals surface area contributed by atoms with Crippen molar-refractivity contribution in [2.45, 2.75) is 45.1 Å². The number of hydrogen-bond donors (Lipinski definition) is 3. The number of rotatable bonds is 7. The smallest absolute Gasteiger partial charge is 0.227 e. The predicted octanol–water partition coefficient (Wildman–Crippen LogP) is 3.66. The summed E-state index contributed by atoms with van der Waals surface area (Å²) in [5, 5.41) is 9.81. The molecule has 0 aromatic heterocycles. The normalized spacial score (nSPS) is 16.0. The molecular formula is C25H32N4O2. The van der Waals surface area contributed by atoms with E-state index in [-0.39, 0.29) is 11.8 Å². The van der Waals surface area contributed by atoms with Crippen molar-refractivity contribution in [2.75, 3.05) is 25.5 Å². The largest absolute Gasteiger partial charge is 0.493 e. The van der Waals surface area contributed by atoms with Crippen LogP contribution >= 0.6 is 0 Å². The summed E-state index contributed by atoms with van der Waals surface area (Å²) in [4.78, 5) is 16.7. The van der Waals surface area contributed by atoms with Crippen LogP contribution in [0.15, 0.2) is 47.5 Å². The summed E-state index contributed by atoms with van der Waals surface area (Å²) < 4.78 is 5.57. The summed E-state index contributed by atoms with van der Waals surface area (Å²) in [6.07, 6.45) is 6.27. The van der Waals surface area contributed by atoms with Crippen LogP contribution < -0.4 is 20.7 Å². The Hall–Kier alpha value is -3.02. The second-order valence-corrected chi connectivity index (χ2v) is 8.31. The molecule has 0 radical (unpaired) electrons. The molecule has 1 aliphatic carbocycles. The number of carbonyl (C=O) groups excluding carboxylic acids is 1. The molecule has 1 saturated carbocycles. The highest BCUT2D eigenvalue weighted by molar-refractivity contribution is 5.92. The molecule has 0 spiro atoms. The summed E-state index contributed by atoms with van der Waals surface area (Å²) in [5.74, 6) is 2.11. The maximum absolute atomic E-state index is 12.4. The number of carbonyl (C=O) groups is 1. The van der Waals surface area contributed by atoms with Gasteiger partial charge < -0.3 is 20.7 Å². The van der Waals surface area contributed by atoms with Crippen LogP contribution in [0.4, 0.5) is 5.69 Å². The Morgan fingerprint density at radius 3 is 2.81 bits per heavy atom. The third-order valence-corrected chi connectivity index (χ3v) is 6.06. The Kier molecular flexibility index (Phi) is 7.07. The quantitative estimate of drug-likeness (QED) is 0.472. The third kappa shape index (κ3) is 5.78. The topological polar surface area (TPSA) is 74.8 Å². The summed E-state index contributed by atoms with van der Waals surface area (Å²) in [7, 11) is 1.78. The molecule has 6 nitrogen and oxygen atoms in total. The van der Waals surface area contributed by atoms with E-state index >= 15 is 0 Å². The molecule has 2 aromatic carbocycles. The van der Waals surface area contributed by atoms with Crippen LogP contribution in [-0.2, 0) is 24.2 Å². The van der Waals surface area contributed by atoms with Gasteiger partial charge in [-0.3, -0.25) is 9.79 Å². The van der Waals surface area contributed by atoms with E-state index in [1.165, 1.54) is 11.1 Å². The molecule has 0 unspecified atom stereocenters. The van der Waals surface area contributed by atoms with Crippen LogP contribution in [0.25, 0.3) is 0 Å². The molecule has 2 aliphatic rings. The second kappa shape index (κ2) is 10.3. The molecule has 164 valence electrons. The van der Waals surface area contributed by atoms with Crippen molar-refractivity contribution in [3.8, 4) is 5.75 Å². The van der Waals surface area contributed by atoms with Gasteiger partial charge in [0.05, 0.1) is 6.61 Å². The maximum atomic E-state index is 12.4. The number of amides is 1. The highest BCUT2D eigenvalue weighted by Gasteiger charge is 2.22. The average molecular weight is 421 g/mol. The van der Waals surface area contributed by atoms with E-state index in [1.807, 2.05) is 18.2 Å². The van der Waals surface area contributed by atoms with Gasteiger partial charge in [0.2, 0.25) is 5.91 Å². The number of fused-ring (bicyclic) bond motifs is 1. The minimum Gasteiger partial charge on any atom is -0.493 e. The van der Waals surface area contributed by atoms with Crippen molar-refractivity contribution in [2.24, 2.45) is 10.9 Å². The number of ether oxygens (including phenoxy) is 1. The lowest BCUT2D eigenvalue weighted by Crippen LogP contribution is -2.37.